The highest BCUT2D eigenvalue weighted by molar-refractivity contribution is 5.76. The van der Waals surface area contributed by atoms with Crippen LogP contribution in [0.5, 0.6) is 0 Å². The van der Waals surface area contributed by atoms with Crippen molar-refractivity contribution in [3.05, 3.63) is 0 Å². The van der Waals surface area contributed by atoms with Crippen LogP contribution >= 0.6 is 0 Å². The summed E-state index contributed by atoms with van der Waals surface area (Å²) in [7, 11) is 0. The minimum atomic E-state index is 0.300. The first-order valence-corrected chi connectivity index (χ1v) is 7.74. The average molecular weight is 252 g/mol. The fourth-order valence-corrected chi connectivity index (χ4v) is 3.49. The van der Waals surface area contributed by atoms with Gasteiger partial charge in [0.25, 0.3) is 0 Å². The van der Waals surface area contributed by atoms with Crippen LogP contribution in [0.2, 0.25) is 0 Å². The van der Waals surface area contributed by atoms with Crippen molar-refractivity contribution in [3.8, 4) is 0 Å². The second-order valence-electron chi connectivity index (χ2n) is 6.15. The van der Waals surface area contributed by atoms with E-state index in [1.165, 1.54) is 25.7 Å². The Hall–Kier alpha value is -0.570. The van der Waals surface area contributed by atoms with E-state index in [-0.39, 0.29) is 0 Å². The largest absolute Gasteiger partial charge is 0.342 e. The second kappa shape index (κ2) is 6.55. The quantitative estimate of drug-likeness (QED) is 0.835. The van der Waals surface area contributed by atoms with Gasteiger partial charge in [0, 0.05) is 25.6 Å². The number of likely N-dealkylation sites (tertiary alicyclic amines) is 1. The van der Waals surface area contributed by atoms with E-state index in [0.717, 1.165) is 44.7 Å². The summed E-state index contributed by atoms with van der Waals surface area (Å²) in [6.45, 7) is 3.94. The molecule has 0 radical (unpaired) electrons. The van der Waals surface area contributed by atoms with Crippen molar-refractivity contribution in [2.24, 2.45) is 17.6 Å². The molecule has 2 rings (SSSR count). The van der Waals surface area contributed by atoms with Crippen LogP contribution in [0.15, 0.2) is 0 Å². The molecule has 3 heteroatoms. The van der Waals surface area contributed by atoms with E-state index in [1.807, 2.05) is 0 Å². The first kappa shape index (κ1) is 13.9. The third-order valence-corrected chi connectivity index (χ3v) is 4.91. The minimum Gasteiger partial charge on any atom is -0.342 e. The van der Waals surface area contributed by atoms with Crippen molar-refractivity contribution < 1.29 is 4.79 Å². The Labute approximate surface area is 111 Å². The van der Waals surface area contributed by atoms with E-state index < -0.39 is 0 Å². The topological polar surface area (TPSA) is 46.3 Å². The molecule has 2 unspecified atom stereocenters. The van der Waals surface area contributed by atoms with E-state index in [2.05, 4.69) is 11.8 Å². The van der Waals surface area contributed by atoms with Gasteiger partial charge in [-0.2, -0.15) is 0 Å². The molecular formula is C15H28N2O. The predicted molar refractivity (Wildman–Crippen MR) is 74.1 cm³/mol. The third-order valence-electron chi connectivity index (χ3n) is 4.91. The molecule has 104 valence electrons. The molecule has 1 aliphatic carbocycles. The van der Waals surface area contributed by atoms with E-state index >= 15 is 0 Å². The highest BCUT2D eigenvalue weighted by Crippen LogP contribution is 2.29. The zero-order valence-corrected chi connectivity index (χ0v) is 11.7. The Morgan fingerprint density at radius 1 is 1.28 bits per heavy atom. The molecule has 18 heavy (non-hydrogen) atoms. The Balaban J connectivity index is 1.74. The Bertz CT molecular complexity index is 274. The van der Waals surface area contributed by atoms with Gasteiger partial charge >= 0.3 is 0 Å². The van der Waals surface area contributed by atoms with Crippen LogP contribution in [-0.4, -0.2) is 29.9 Å². The number of piperidine rings is 1. The van der Waals surface area contributed by atoms with E-state index in [9.17, 15) is 4.79 Å². The number of hydrogen-bond donors (Lipinski definition) is 1. The van der Waals surface area contributed by atoms with Gasteiger partial charge in [0.1, 0.15) is 0 Å². The van der Waals surface area contributed by atoms with Gasteiger partial charge in [-0.25, -0.2) is 0 Å². The molecule has 0 aromatic heterocycles. The number of rotatable bonds is 4. The number of nitrogens with two attached hydrogens (primary N) is 1. The standard InChI is InChI=1S/C15H28N2O/c1-2-13-11-17(10-9-14(13)16)15(18)8-7-12-5-3-4-6-12/h12-14H,2-11,16H2,1H3. The Morgan fingerprint density at radius 2 is 2.00 bits per heavy atom. The summed E-state index contributed by atoms with van der Waals surface area (Å²) in [5.74, 6) is 1.70. The monoisotopic (exact) mass is 252 g/mol. The number of hydrogen-bond acceptors (Lipinski definition) is 2. The summed E-state index contributed by atoms with van der Waals surface area (Å²) in [4.78, 5) is 14.3. The lowest BCUT2D eigenvalue weighted by atomic mass is 9.90. The lowest BCUT2D eigenvalue weighted by Gasteiger charge is -2.36. The minimum absolute atomic E-state index is 0.300. The Kier molecular flexibility index (Phi) is 5.04. The molecule has 1 saturated heterocycles. The molecule has 1 saturated carbocycles. The third kappa shape index (κ3) is 3.47. The van der Waals surface area contributed by atoms with Crippen molar-refractivity contribution in [2.45, 2.75) is 64.3 Å². The fourth-order valence-electron chi connectivity index (χ4n) is 3.49. The van der Waals surface area contributed by atoms with Crippen molar-refractivity contribution in [3.63, 3.8) is 0 Å². The van der Waals surface area contributed by atoms with E-state index in [0.29, 0.717) is 17.9 Å². The number of amides is 1. The van der Waals surface area contributed by atoms with E-state index in [1.54, 1.807) is 0 Å². The zero-order chi connectivity index (χ0) is 13.0. The maximum absolute atomic E-state index is 12.2. The first-order chi connectivity index (χ1) is 8.70. The van der Waals surface area contributed by atoms with Gasteiger partial charge in [0.15, 0.2) is 0 Å². The van der Waals surface area contributed by atoms with Gasteiger partial charge in [0.05, 0.1) is 0 Å². The second-order valence-corrected chi connectivity index (χ2v) is 6.15. The van der Waals surface area contributed by atoms with Gasteiger partial charge in [-0.3, -0.25) is 4.79 Å². The van der Waals surface area contributed by atoms with Gasteiger partial charge in [-0.1, -0.05) is 39.0 Å². The van der Waals surface area contributed by atoms with Crippen molar-refractivity contribution in [1.82, 2.24) is 4.90 Å². The lowest BCUT2D eigenvalue weighted by molar-refractivity contribution is -0.133. The van der Waals surface area contributed by atoms with Crippen molar-refractivity contribution >= 4 is 5.91 Å². The molecule has 0 aromatic carbocycles. The summed E-state index contributed by atoms with van der Waals surface area (Å²) >= 11 is 0. The number of carbonyl (C=O) groups excluding carboxylic acids is 1. The zero-order valence-electron chi connectivity index (χ0n) is 11.7. The molecule has 2 aliphatic rings. The van der Waals surface area contributed by atoms with Crippen molar-refractivity contribution in [1.29, 1.82) is 0 Å². The van der Waals surface area contributed by atoms with Crippen LogP contribution < -0.4 is 5.73 Å². The molecule has 3 nitrogen and oxygen atoms in total. The number of carbonyl (C=O) groups is 1. The average Bonchev–Trinajstić information content (AvgIpc) is 2.89. The molecule has 2 N–H and O–H groups in total. The molecule has 1 heterocycles. The first-order valence-electron chi connectivity index (χ1n) is 7.74. The smallest absolute Gasteiger partial charge is 0.222 e. The normalized spacial score (nSPS) is 29.8. The lowest BCUT2D eigenvalue weighted by Crippen LogP contribution is -2.49. The van der Waals surface area contributed by atoms with E-state index in [4.69, 9.17) is 5.73 Å². The van der Waals surface area contributed by atoms with Crippen LogP contribution in [0.1, 0.15) is 58.3 Å². The van der Waals surface area contributed by atoms with Gasteiger partial charge < -0.3 is 10.6 Å². The summed E-state index contributed by atoms with van der Waals surface area (Å²) < 4.78 is 0. The number of nitrogens with zero attached hydrogens (tertiary/aromatic N) is 1. The maximum Gasteiger partial charge on any atom is 0.222 e. The van der Waals surface area contributed by atoms with Crippen LogP contribution in [0.4, 0.5) is 0 Å². The maximum atomic E-state index is 12.2. The van der Waals surface area contributed by atoms with Crippen molar-refractivity contribution in [2.75, 3.05) is 13.1 Å². The fraction of sp³-hybridized carbons (Fsp3) is 0.933. The van der Waals surface area contributed by atoms with Gasteiger partial charge in [0.2, 0.25) is 5.91 Å². The van der Waals surface area contributed by atoms with Crippen LogP contribution in [0.25, 0.3) is 0 Å². The predicted octanol–water partition coefficient (Wildman–Crippen LogP) is 2.54. The molecular weight excluding hydrogens is 224 g/mol. The Morgan fingerprint density at radius 3 is 2.67 bits per heavy atom. The molecule has 1 amide bonds. The summed E-state index contributed by atoms with van der Waals surface area (Å²) in [5.41, 5.74) is 6.09. The van der Waals surface area contributed by atoms with Crippen LogP contribution in [0.3, 0.4) is 0 Å². The summed E-state index contributed by atoms with van der Waals surface area (Å²) in [5, 5.41) is 0. The molecule has 2 atom stereocenters. The highest BCUT2D eigenvalue weighted by atomic mass is 16.2. The van der Waals surface area contributed by atoms with Gasteiger partial charge in [-0.05, 0) is 24.7 Å². The molecule has 0 bridgehead atoms. The van der Waals surface area contributed by atoms with Gasteiger partial charge in [-0.15, -0.1) is 0 Å². The molecule has 0 aromatic rings. The SMILES string of the molecule is CCC1CN(C(=O)CCC2CCCC2)CCC1N. The van der Waals surface area contributed by atoms with Crippen LogP contribution in [0, 0.1) is 11.8 Å². The molecule has 1 aliphatic heterocycles. The summed E-state index contributed by atoms with van der Waals surface area (Å²) in [6.07, 6.45) is 9.37. The summed E-state index contributed by atoms with van der Waals surface area (Å²) in [6, 6.07) is 0.300. The van der Waals surface area contributed by atoms with Crippen LogP contribution in [-0.2, 0) is 4.79 Å². The molecule has 2 fully saturated rings. The molecule has 0 spiro atoms. The highest BCUT2D eigenvalue weighted by Gasteiger charge is 2.28.